The second-order valence-electron chi connectivity index (χ2n) is 6.94. The summed E-state index contributed by atoms with van der Waals surface area (Å²) in [6.07, 6.45) is 3.42. The van der Waals surface area contributed by atoms with E-state index in [4.69, 9.17) is 9.84 Å². The molecule has 1 fully saturated rings. The highest BCUT2D eigenvalue weighted by atomic mass is 16.5. The Morgan fingerprint density at radius 2 is 2.21 bits per heavy atom. The monoisotopic (exact) mass is 374 g/mol. The number of nitrogens with one attached hydrogen (secondary N) is 1. The molecule has 1 N–H and O–H groups in total. The molecule has 1 amide bonds. The third-order valence-electron chi connectivity index (χ3n) is 5.00. The van der Waals surface area contributed by atoms with Gasteiger partial charge in [-0.05, 0) is 49.6 Å². The van der Waals surface area contributed by atoms with Crippen LogP contribution in [-0.2, 0) is 9.53 Å². The molecule has 3 aromatic rings. The number of anilines is 1. The van der Waals surface area contributed by atoms with Crippen molar-refractivity contribution in [3.8, 4) is 17.3 Å². The summed E-state index contributed by atoms with van der Waals surface area (Å²) in [5.74, 6) is -0.0325. The van der Waals surface area contributed by atoms with Crippen molar-refractivity contribution in [1.29, 1.82) is 5.26 Å². The van der Waals surface area contributed by atoms with E-state index in [1.54, 1.807) is 0 Å². The number of fused-ring (bicyclic) bond motifs is 1. The molecule has 1 atom stereocenters. The first-order chi connectivity index (χ1) is 13.7. The largest absolute Gasteiger partial charge is 0.356 e. The van der Waals surface area contributed by atoms with Crippen LogP contribution in [0.2, 0.25) is 0 Å². The summed E-state index contributed by atoms with van der Waals surface area (Å²) in [6.45, 7) is 2.55. The third-order valence-corrected chi connectivity index (χ3v) is 5.00. The Kier molecular flexibility index (Phi) is 5.09. The van der Waals surface area contributed by atoms with Gasteiger partial charge in [-0.1, -0.05) is 19.1 Å². The lowest BCUT2D eigenvalue weighted by atomic mass is 10.1. The van der Waals surface area contributed by atoms with Crippen molar-refractivity contribution < 1.29 is 9.53 Å². The maximum absolute atomic E-state index is 11.8. The molecule has 1 aromatic heterocycles. The number of benzene rings is 2. The van der Waals surface area contributed by atoms with Gasteiger partial charge >= 0.3 is 0 Å². The van der Waals surface area contributed by atoms with E-state index in [1.807, 2.05) is 54.1 Å². The predicted molar refractivity (Wildman–Crippen MR) is 108 cm³/mol. The minimum Gasteiger partial charge on any atom is -0.356 e. The van der Waals surface area contributed by atoms with Crippen molar-refractivity contribution in [3.63, 3.8) is 0 Å². The van der Waals surface area contributed by atoms with E-state index >= 15 is 0 Å². The van der Waals surface area contributed by atoms with Gasteiger partial charge in [-0.25, -0.2) is 4.68 Å². The summed E-state index contributed by atoms with van der Waals surface area (Å²) in [5, 5.41) is 18.0. The molecule has 1 aliphatic heterocycles. The molecule has 28 heavy (non-hydrogen) atoms. The van der Waals surface area contributed by atoms with Crippen LogP contribution in [0.1, 0.15) is 44.4 Å². The number of carbonyl (C=O) groups is 1. The maximum Gasteiger partial charge on any atom is 0.224 e. The van der Waals surface area contributed by atoms with E-state index < -0.39 is 0 Å². The Balaban J connectivity index is 1.83. The van der Waals surface area contributed by atoms with Crippen LogP contribution in [0.5, 0.6) is 0 Å². The first-order valence-electron chi connectivity index (χ1n) is 9.64. The van der Waals surface area contributed by atoms with Crippen molar-refractivity contribution in [2.24, 2.45) is 0 Å². The number of nitrogens with zero attached hydrogens (tertiary/aromatic N) is 3. The first-order valence-corrected chi connectivity index (χ1v) is 9.64. The van der Waals surface area contributed by atoms with Gasteiger partial charge in [0.2, 0.25) is 5.91 Å². The highest BCUT2D eigenvalue weighted by molar-refractivity contribution is 5.96. The summed E-state index contributed by atoms with van der Waals surface area (Å²) >= 11 is 0. The fourth-order valence-corrected chi connectivity index (χ4v) is 3.55. The number of rotatable bonds is 4. The third kappa shape index (κ3) is 3.49. The molecule has 142 valence electrons. The lowest BCUT2D eigenvalue weighted by Gasteiger charge is -2.23. The van der Waals surface area contributed by atoms with Gasteiger partial charge in [-0.3, -0.25) is 4.79 Å². The molecule has 1 unspecified atom stereocenters. The quantitative estimate of drug-likeness (QED) is 0.722. The van der Waals surface area contributed by atoms with Crippen molar-refractivity contribution in [3.05, 3.63) is 48.0 Å². The van der Waals surface area contributed by atoms with Crippen LogP contribution < -0.4 is 5.32 Å². The molecule has 1 aliphatic rings. The van der Waals surface area contributed by atoms with Crippen LogP contribution in [0.3, 0.4) is 0 Å². The Morgan fingerprint density at radius 3 is 2.96 bits per heavy atom. The molecule has 4 rings (SSSR count). The van der Waals surface area contributed by atoms with Gasteiger partial charge in [0.1, 0.15) is 5.69 Å². The fraction of sp³-hybridized carbons (Fsp3) is 0.318. The van der Waals surface area contributed by atoms with Crippen LogP contribution >= 0.6 is 0 Å². The summed E-state index contributed by atoms with van der Waals surface area (Å²) in [5.41, 5.74) is 3.95. The van der Waals surface area contributed by atoms with E-state index in [1.165, 1.54) is 0 Å². The molecular formula is C22H22N4O2. The van der Waals surface area contributed by atoms with Gasteiger partial charge in [0, 0.05) is 29.7 Å². The van der Waals surface area contributed by atoms with Crippen molar-refractivity contribution in [1.82, 2.24) is 9.78 Å². The number of nitriles is 1. The molecule has 0 aliphatic carbocycles. The molecule has 0 saturated carbocycles. The van der Waals surface area contributed by atoms with Gasteiger partial charge in [0.15, 0.2) is 6.23 Å². The van der Waals surface area contributed by atoms with Crippen molar-refractivity contribution in [2.75, 3.05) is 11.9 Å². The summed E-state index contributed by atoms with van der Waals surface area (Å²) in [7, 11) is 0. The predicted octanol–water partition coefficient (Wildman–Crippen LogP) is 4.62. The minimum absolute atomic E-state index is 0.0325. The minimum atomic E-state index is -0.0964. The second-order valence-corrected chi connectivity index (χ2v) is 6.94. The topological polar surface area (TPSA) is 79.9 Å². The number of carbonyl (C=O) groups excluding carboxylic acids is 1. The van der Waals surface area contributed by atoms with Crippen molar-refractivity contribution >= 4 is 22.5 Å². The number of hydrogen-bond acceptors (Lipinski definition) is 4. The molecule has 6 heteroatoms. The number of hydrogen-bond donors (Lipinski definition) is 1. The average Bonchev–Trinajstić information content (AvgIpc) is 3.13. The van der Waals surface area contributed by atoms with Crippen molar-refractivity contribution in [2.45, 2.75) is 38.8 Å². The molecular weight excluding hydrogens is 352 g/mol. The molecule has 1 saturated heterocycles. The highest BCUT2D eigenvalue weighted by Gasteiger charge is 2.22. The van der Waals surface area contributed by atoms with E-state index in [2.05, 4.69) is 11.4 Å². The zero-order valence-electron chi connectivity index (χ0n) is 15.8. The SMILES string of the molecule is CCC(=O)Nc1cccc(-c2nn(C3CCCCO3)c3ccc(C#N)cc23)c1. The van der Waals surface area contributed by atoms with Gasteiger partial charge in [-0.15, -0.1) is 0 Å². The fourth-order valence-electron chi connectivity index (χ4n) is 3.55. The maximum atomic E-state index is 11.8. The lowest BCUT2D eigenvalue weighted by molar-refractivity contribution is -0.115. The Morgan fingerprint density at radius 1 is 1.32 bits per heavy atom. The smallest absolute Gasteiger partial charge is 0.224 e. The number of ether oxygens (including phenoxy) is 1. The average molecular weight is 374 g/mol. The van der Waals surface area contributed by atoms with Crippen LogP contribution in [-0.4, -0.2) is 22.3 Å². The summed E-state index contributed by atoms with van der Waals surface area (Å²) in [6, 6.07) is 15.5. The van der Waals surface area contributed by atoms with E-state index in [9.17, 15) is 10.1 Å². The second kappa shape index (κ2) is 7.83. The van der Waals surface area contributed by atoms with Gasteiger partial charge in [0.05, 0.1) is 17.1 Å². The van der Waals surface area contributed by atoms with E-state index in [0.717, 1.165) is 53.7 Å². The summed E-state index contributed by atoms with van der Waals surface area (Å²) < 4.78 is 7.88. The Bertz CT molecular complexity index is 1060. The molecule has 2 aromatic carbocycles. The molecule has 0 radical (unpaired) electrons. The van der Waals surface area contributed by atoms with Gasteiger partial charge in [-0.2, -0.15) is 10.4 Å². The Labute approximate surface area is 163 Å². The molecule has 0 spiro atoms. The molecule has 6 nitrogen and oxygen atoms in total. The van der Waals surface area contributed by atoms with Crippen LogP contribution in [0.15, 0.2) is 42.5 Å². The van der Waals surface area contributed by atoms with Gasteiger partial charge in [0.25, 0.3) is 0 Å². The zero-order chi connectivity index (χ0) is 19.5. The van der Waals surface area contributed by atoms with E-state index in [-0.39, 0.29) is 12.1 Å². The zero-order valence-corrected chi connectivity index (χ0v) is 15.8. The standard InChI is InChI=1S/C22H22N4O2/c1-2-20(27)24-17-7-5-6-16(13-17)22-18-12-15(14-23)9-10-19(18)26(25-22)21-8-3-4-11-28-21/h5-7,9-10,12-13,21H,2-4,8,11H2,1H3,(H,24,27). The normalized spacial score (nSPS) is 16.6. The van der Waals surface area contributed by atoms with Crippen LogP contribution in [0, 0.1) is 11.3 Å². The van der Waals surface area contributed by atoms with Gasteiger partial charge < -0.3 is 10.1 Å². The number of amides is 1. The van der Waals surface area contributed by atoms with Crippen LogP contribution in [0.4, 0.5) is 5.69 Å². The highest BCUT2D eigenvalue weighted by Crippen LogP contribution is 2.34. The first kappa shape index (κ1) is 18.2. The lowest BCUT2D eigenvalue weighted by Crippen LogP contribution is -2.19. The number of aromatic nitrogens is 2. The summed E-state index contributed by atoms with van der Waals surface area (Å²) in [4.78, 5) is 11.8. The van der Waals surface area contributed by atoms with E-state index in [0.29, 0.717) is 12.0 Å². The molecule has 0 bridgehead atoms. The Hall–Kier alpha value is -3.17. The van der Waals surface area contributed by atoms with Crippen LogP contribution in [0.25, 0.3) is 22.2 Å². The molecule has 2 heterocycles.